The van der Waals surface area contributed by atoms with Crippen molar-refractivity contribution in [3.8, 4) is 11.5 Å². The Labute approximate surface area is 143 Å². The molecule has 132 valence electrons. The number of hydrogen-bond donors (Lipinski definition) is 0. The maximum absolute atomic E-state index is 5.46. The molecule has 2 rings (SSSR count). The number of hydrogen-bond acceptors (Lipinski definition) is 2. The van der Waals surface area contributed by atoms with Gasteiger partial charge in [0, 0.05) is 6.07 Å². The molecule has 2 nitrogen and oxygen atoms in total. The second-order valence-electron chi connectivity index (χ2n) is 6.40. The Morgan fingerprint density at radius 3 is 1.91 bits per heavy atom. The van der Waals surface area contributed by atoms with Gasteiger partial charge in [0.25, 0.3) is 0 Å². The first-order chi connectivity index (χ1) is 11.2. The van der Waals surface area contributed by atoms with Crippen LogP contribution in [0.4, 0.5) is 0 Å². The molecule has 0 aromatic heterocycles. The largest absolute Gasteiger partial charge is 0.497 e. The summed E-state index contributed by atoms with van der Waals surface area (Å²) in [6, 6.07) is 6.44. The minimum absolute atomic E-state index is 0.357. The topological polar surface area (TPSA) is 18.5 Å². The van der Waals surface area contributed by atoms with Gasteiger partial charge in [0.15, 0.2) is 0 Å². The third kappa shape index (κ3) is 5.44. The first-order valence-electron chi connectivity index (χ1n) is 9.47. The van der Waals surface area contributed by atoms with Gasteiger partial charge in [-0.2, -0.15) is 0 Å². The third-order valence-corrected chi connectivity index (χ3v) is 5.03. The SMILES string of the molecule is CC.CCCCCCC1(c2cc(OC)cc(OC)c2)CCCC1. The van der Waals surface area contributed by atoms with E-state index in [1.165, 1.54) is 63.4 Å². The predicted octanol–water partition coefficient (Wildman–Crippen LogP) is 6.51. The lowest BCUT2D eigenvalue weighted by atomic mass is 9.74. The Kier molecular flexibility index (Phi) is 9.13. The molecule has 1 fully saturated rings. The van der Waals surface area contributed by atoms with Crippen molar-refractivity contribution >= 4 is 0 Å². The fraction of sp³-hybridized carbons (Fsp3) is 0.714. The highest BCUT2D eigenvalue weighted by Gasteiger charge is 2.35. The van der Waals surface area contributed by atoms with Crippen LogP contribution in [0.15, 0.2) is 18.2 Å². The van der Waals surface area contributed by atoms with E-state index in [2.05, 4.69) is 19.1 Å². The Bertz CT molecular complexity index is 411. The summed E-state index contributed by atoms with van der Waals surface area (Å²) in [5.74, 6) is 1.84. The van der Waals surface area contributed by atoms with Crippen molar-refractivity contribution in [2.45, 2.75) is 84.0 Å². The second-order valence-corrected chi connectivity index (χ2v) is 6.40. The van der Waals surface area contributed by atoms with Crippen molar-refractivity contribution in [3.63, 3.8) is 0 Å². The van der Waals surface area contributed by atoms with Crippen LogP contribution in [0.5, 0.6) is 11.5 Å². The van der Waals surface area contributed by atoms with Gasteiger partial charge in [0.05, 0.1) is 14.2 Å². The van der Waals surface area contributed by atoms with Crippen LogP contribution in [0.1, 0.15) is 84.1 Å². The summed E-state index contributed by atoms with van der Waals surface area (Å²) >= 11 is 0. The van der Waals surface area contributed by atoms with E-state index in [1.54, 1.807) is 14.2 Å². The van der Waals surface area contributed by atoms with Crippen molar-refractivity contribution in [3.05, 3.63) is 23.8 Å². The van der Waals surface area contributed by atoms with Gasteiger partial charge in [0.2, 0.25) is 0 Å². The van der Waals surface area contributed by atoms with Gasteiger partial charge in [0.1, 0.15) is 11.5 Å². The van der Waals surface area contributed by atoms with Gasteiger partial charge in [-0.1, -0.05) is 59.3 Å². The summed E-state index contributed by atoms with van der Waals surface area (Å²) in [7, 11) is 3.47. The molecule has 1 aromatic carbocycles. The molecule has 0 heterocycles. The van der Waals surface area contributed by atoms with Crippen molar-refractivity contribution < 1.29 is 9.47 Å². The van der Waals surface area contributed by atoms with E-state index in [0.717, 1.165) is 11.5 Å². The molecule has 1 aliphatic rings. The first kappa shape index (κ1) is 19.9. The van der Waals surface area contributed by atoms with E-state index in [4.69, 9.17) is 9.47 Å². The van der Waals surface area contributed by atoms with Crippen LogP contribution in [0.25, 0.3) is 0 Å². The standard InChI is InChI=1S/C19H30O2.C2H6/c1-4-5-6-7-10-19(11-8-9-12-19)16-13-17(20-2)15-18(14-16)21-3;1-2/h13-15H,4-12H2,1-3H3;1-2H3. The van der Waals surface area contributed by atoms with Crippen molar-refractivity contribution in [2.75, 3.05) is 14.2 Å². The quantitative estimate of drug-likeness (QED) is 0.508. The Morgan fingerprint density at radius 1 is 0.870 bits per heavy atom. The van der Waals surface area contributed by atoms with E-state index >= 15 is 0 Å². The van der Waals surface area contributed by atoms with Gasteiger partial charge >= 0.3 is 0 Å². The number of unbranched alkanes of at least 4 members (excludes halogenated alkanes) is 3. The molecule has 0 unspecified atom stereocenters. The van der Waals surface area contributed by atoms with Gasteiger partial charge in [-0.3, -0.25) is 0 Å². The lowest BCUT2D eigenvalue weighted by Gasteiger charge is -2.30. The van der Waals surface area contributed by atoms with E-state index in [0.29, 0.717) is 5.41 Å². The second kappa shape index (κ2) is 10.6. The number of rotatable bonds is 8. The normalized spacial score (nSPS) is 15.7. The van der Waals surface area contributed by atoms with Crippen LogP contribution in [-0.4, -0.2) is 14.2 Å². The Hall–Kier alpha value is -1.18. The third-order valence-electron chi connectivity index (χ3n) is 5.03. The maximum atomic E-state index is 5.46. The minimum atomic E-state index is 0.357. The van der Waals surface area contributed by atoms with Gasteiger partial charge < -0.3 is 9.47 Å². The number of benzene rings is 1. The van der Waals surface area contributed by atoms with Gasteiger partial charge in [-0.05, 0) is 42.4 Å². The summed E-state index contributed by atoms with van der Waals surface area (Å²) in [6.07, 6.45) is 12.0. The molecule has 0 saturated heterocycles. The van der Waals surface area contributed by atoms with Crippen LogP contribution in [0.2, 0.25) is 0 Å². The summed E-state index contributed by atoms with van der Waals surface area (Å²) in [6.45, 7) is 6.28. The van der Waals surface area contributed by atoms with Crippen LogP contribution >= 0.6 is 0 Å². The van der Waals surface area contributed by atoms with E-state index < -0.39 is 0 Å². The molecule has 0 bridgehead atoms. The Balaban J connectivity index is 0.00000127. The molecule has 0 amide bonds. The minimum Gasteiger partial charge on any atom is -0.497 e. The molecule has 23 heavy (non-hydrogen) atoms. The molecule has 1 saturated carbocycles. The maximum Gasteiger partial charge on any atom is 0.122 e. The van der Waals surface area contributed by atoms with Crippen LogP contribution < -0.4 is 9.47 Å². The molecule has 0 N–H and O–H groups in total. The average Bonchev–Trinajstić information content (AvgIpc) is 3.10. The zero-order chi connectivity index (χ0) is 17.1. The first-order valence-corrected chi connectivity index (χ1v) is 9.47. The average molecular weight is 321 g/mol. The molecular formula is C21H36O2. The lowest BCUT2D eigenvalue weighted by molar-refractivity contribution is 0.367. The summed E-state index contributed by atoms with van der Waals surface area (Å²) < 4.78 is 10.9. The van der Waals surface area contributed by atoms with Crippen LogP contribution in [0, 0.1) is 0 Å². The van der Waals surface area contributed by atoms with Crippen molar-refractivity contribution in [2.24, 2.45) is 0 Å². The summed E-state index contributed by atoms with van der Waals surface area (Å²) in [5, 5.41) is 0. The molecule has 1 aromatic rings. The fourth-order valence-corrected chi connectivity index (χ4v) is 3.74. The van der Waals surface area contributed by atoms with Gasteiger partial charge in [-0.15, -0.1) is 0 Å². The smallest absolute Gasteiger partial charge is 0.122 e. The fourth-order valence-electron chi connectivity index (χ4n) is 3.74. The Morgan fingerprint density at radius 2 is 1.43 bits per heavy atom. The van der Waals surface area contributed by atoms with Gasteiger partial charge in [-0.25, -0.2) is 0 Å². The predicted molar refractivity (Wildman–Crippen MR) is 99.8 cm³/mol. The van der Waals surface area contributed by atoms with Crippen LogP contribution in [-0.2, 0) is 5.41 Å². The molecule has 0 atom stereocenters. The molecule has 0 radical (unpaired) electrons. The number of ether oxygens (including phenoxy) is 2. The zero-order valence-corrected chi connectivity index (χ0v) is 15.9. The summed E-state index contributed by atoms with van der Waals surface area (Å²) in [4.78, 5) is 0. The molecule has 1 aliphatic carbocycles. The molecule has 0 spiro atoms. The van der Waals surface area contributed by atoms with E-state index in [1.807, 2.05) is 19.9 Å². The molecule has 0 aliphatic heterocycles. The van der Waals surface area contributed by atoms with E-state index in [9.17, 15) is 0 Å². The lowest BCUT2D eigenvalue weighted by Crippen LogP contribution is -2.22. The van der Waals surface area contributed by atoms with Crippen molar-refractivity contribution in [1.29, 1.82) is 0 Å². The highest BCUT2D eigenvalue weighted by Crippen LogP contribution is 2.46. The van der Waals surface area contributed by atoms with Crippen LogP contribution in [0.3, 0.4) is 0 Å². The molecular weight excluding hydrogens is 284 g/mol. The highest BCUT2D eigenvalue weighted by molar-refractivity contribution is 5.42. The number of methoxy groups -OCH3 is 2. The molecule has 2 heteroatoms. The van der Waals surface area contributed by atoms with E-state index in [-0.39, 0.29) is 0 Å². The zero-order valence-electron chi connectivity index (χ0n) is 15.9. The summed E-state index contributed by atoms with van der Waals surface area (Å²) in [5.41, 5.74) is 1.78. The highest BCUT2D eigenvalue weighted by atomic mass is 16.5. The van der Waals surface area contributed by atoms with Crippen molar-refractivity contribution in [1.82, 2.24) is 0 Å². The monoisotopic (exact) mass is 320 g/mol.